The van der Waals surface area contributed by atoms with Crippen LogP contribution in [-0.4, -0.2) is 46.8 Å². The zero-order valence-corrected chi connectivity index (χ0v) is 23.2. The van der Waals surface area contributed by atoms with Gasteiger partial charge in [-0.2, -0.15) is 0 Å². The van der Waals surface area contributed by atoms with E-state index in [1.54, 1.807) is 13.2 Å². The number of carbonyl (C=O) groups is 1. The van der Waals surface area contributed by atoms with E-state index in [1.165, 1.54) is 0 Å². The predicted molar refractivity (Wildman–Crippen MR) is 142 cm³/mol. The number of ketones is 1. The van der Waals surface area contributed by atoms with Gasteiger partial charge in [-0.05, 0) is 61.5 Å². The smallest absolute Gasteiger partial charge is 0.192 e. The topological polar surface area (TPSA) is 54.0 Å². The van der Waals surface area contributed by atoms with Gasteiger partial charge >= 0.3 is 0 Å². The van der Waals surface area contributed by atoms with Crippen molar-refractivity contribution in [1.82, 2.24) is 0 Å². The fourth-order valence-corrected chi connectivity index (χ4v) is 4.48. The highest BCUT2D eigenvalue weighted by molar-refractivity contribution is 6.74. The maximum Gasteiger partial charge on any atom is 0.192 e. The maximum atomic E-state index is 12.5. The van der Waals surface area contributed by atoms with Crippen molar-refractivity contribution in [2.24, 2.45) is 0 Å². The van der Waals surface area contributed by atoms with E-state index in [2.05, 4.69) is 40.4 Å². The molecule has 0 fully saturated rings. The summed E-state index contributed by atoms with van der Waals surface area (Å²) in [5, 5.41) is 0.0767. The minimum Gasteiger partial charge on any atom is -0.411 e. The first-order valence-corrected chi connectivity index (χ1v) is 15.2. The molecule has 5 nitrogen and oxygen atoms in total. The largest absolute Gasteiger partial charge is 0.411 e. The third kappa shape index (κ3) is 12.2. The molecule has 0 spiro atoms. The second kappa shape index (κ2) is 16.2. The Balaban J connectivity index is 2.61. The number of carbonyl (C=O) groups excluding carboxylic acids is 1. The van der Waals surface area contributed by atoms with Crippen LogP contribution in [0.5, 0.6) is 0 Å². The van der Waals surface area contributed by atoms with Crippen LogP contribution < -0.4 is 0 Å². The van der Waals surface area contributed by atoms with Gasteiger partial charge in [0, 0.05) is 20.1 Å². The molecule has 0 saturated heterocycles. The van der Waals surface area contributed by atoms with Gasteiger partial charge in [-0.15, -0.1) is 6.58 Å². The molecule has 6 heteroatoms. The van der Waals surface area contributed by atoms with Gasteiger partial charge in [-0.25, -0.2) is 0 Å². The SMILES string of the molecule is C=CCC[C@H](O[Si](C)(C)C(C)(C)C)[C@H](/C=C/C(=O)CCCCOCc1ccccc1)OCOC. The first-order chi connectivity index (χ1) is 16.1. The molecule has 0 aliphatic heterocycles. The summed E-state index contributed by atoms with van der Waals surface area (Å²) in [5.41, 5.74) is 1.16. The standard InChI is InChI=1S/C28H46O5Si/c1-8-9-18-27(33-34(6,7)28(2,3)4)26(32-23-30-5)20-19-25(29)17-13-14-21-31-22-24-15-11-10-12-16-24/h8,10-12,15-16,19-20,26-27H,1,9,13-14,17-18,21-23H2,2-7H3/b20-19+/t26-,27-/m0/s1. The summed E-state index contributed by atoms with van der Waals surface area (Å²) in [7, 11) is -0.426. The van der Waals surface area contributed by atoms with Gasteiger partial charge in [0.2, 0.25) is 0 Å². The van der Waals surface area contributed by atoms with Crippen molar-refractivity contribution >= 4 is 14.1 Å². The van der Waals surface area contributed by atoms with Crippen LogP contribution in [0, 0.1) is 0 Å². The van der Waals surface area contributed by atoms with Gasteiger partial charge in [0.05, 0.1) is 12.7 Å². The van der Waals surface area contributed by atoms with E-state index in [-0.39, 0.29) is 29.8 Å². The highest BCUT2D eigenvalue weighted by Gasteiger charge is 2.40. The molecule has 0 heterocycles. The first-order valence-electron chi connectivity index (χ1n) is 12.3. The Morgan fingerprint density at radius 2 is 1.85 bits per heavy atom. The zero-order valence-electron chi connectivity index (χ0n) is 22.2. The van der Waals surface area contributed by atoms with Crippen LogP contribution >= 0.6 is 0 Å². The van der Waals surface area contributed by atoms with Gasteiger partial charge in [-0.1, -0.05) is 57.2 Å². The Hall–Kier alpha value is -1.57. The molecule has 2 atom stereocenters. The average Bonchev–Trinajstić information content (AvgIpc) is 2.79. The van der Waals surface area contributed by atoms with E-state index in [1.807, 2.05) is 42.5 Å². The number of rotatable bonds is 18. The summed E-state index contributed by atoms with van der Waals surface area (Å²) >= 11 is 0. The molecule has 0 N–H and O–H groups in total. The highest BCUT2D eigenvalue weighted by atomic mass is 28.4. The molecule has 0 saturated carbocycles. The number of unbranched alkanes of at least 4 members (excludes halogenated alkanes) is 1. The average molecular weight is 491 g/mol. The van der Waals surface area contributed by atoms with E-state index < -0.39 is 8.32 Å². The van der Waals surface area contributed by atoms with Crippen molar-refractivity contribution in [3.63, 3.8) is 0 Å². The summed E-state index contributed by atoms with van der Waals surface area (Å²) in [5.74, 6) is 0.0869. The second-order valence-corrected chi connectivity index (χ2v) is 14.9. The maximum absolute atomic E-state index is 12.5. The highest BCUT2D eigenvalue weighted by Crippen LogP contribution is 2.38. The van der Waals surface area contributed by atoms with Gasteiger partial charge in [0.25, 0.3) is 0 Å². The molecule has 1 aromatic rings. The summed E-state index contributed by atoms with van der Waals surface area (Å²) in [6, 6.07) is 10.1. The molecule has 0 amide bonds. The number of allylic oxidation sites excluding steroid dienone is 2. The Labute approximate surface area is 208 Å². The minimum atomic E-state index is -2.02. The molecule has 0 bridgehead atoms. The number of hydrogen-bond acceptors (Lipinski definition) is 5. The van der Waals surface area contributed by atoms with Gasteiger partial charge < -0.3 is 18.6 Å². The monoisotopic (exact) mass is 490 g/mol. The van der Waals surface area contributed by atoms with Crippen molar-refractivity contribution in [1.29, 1.82) is 0 Å². The van der Waals surface area contributed by atoms with Crippen LogP contribution in [-0.2, 0) is 30.0 Å². The van der Waals surface area contributed by atoms with Crippen molar-refractivity contribution in [2.45, 2.75) is 89.8 Å². The van der Waals surface area contributed by atoms with Crippen molar-refractivity contribution < 1.29 is 23.4 Å². The third-order valence-electron chi connectivity index (χ3n) is 6.20. The van der Waals surface area contributed by atoms with E-state index >= 15 is 0 Å². The van der Waals surface area contributed by atoms with Crippen LogP contribution in [0.15, 0.2) is 55.1 Å². The molecule has 0 unspecified atom stereocenters. The Bertz CT molecular complexity index is 724. The predicted octanol–water partition coefficient (Wildman–Crippen LogP) is 6.84. The van der Waals surface area contributed by atoms with E-state index in [0.29, 0.717) is 19.6 Å². The summed E-state index contributed by atoms with van der Waals surface area (Å²) in [6.45, 7) is 16.4. The lowest BCUT2D eigenvalue weighted by Crippen LogP contribution is -2.47. The zero-order chi connectivity index (χ0) is 25.5. The van der Waals surface area contributed by atoms with Gasteiger partial charge in [0.1, 0.15) is 12.9 Å². The van der Waals surface area contributed by atoms with Crippen LogP contribution in [0.25, 0.3) is 0 Å². The molecule has 0 radical (unpaired) electrons. The Morgan fingerprint density at radius 1 is 1.15 bits per heavy atom. The van der Waals surface area contributed by atoms with Crippen LogP contribution in [0.1, 0.15) is 58.4 Å². The molecular weight excluding hydrogens is 444 g/mol. The molecule has 192 valence electrons. The number of ether oxygens (including phenoxy) is 3. The second-order valence-electron chi connectivity index (χ2n) is 10.1. The lowest BCUT2D eigenvalue weighted by molar-refractivity contribution is -0.115. The summed E-state index contributed by atoms with van der Waals surface area (Å²) in [6.07, 6.45) is 8.59. The van der Waals surface area contributed by atoms with Crippen molar-refractivity contribution in [2.75, 3.05) is 20.5 Å². The summed E-state index contributed by atoms with van der Waals surface area (Å²) < 4.78 is 23.5. The van der Waals surface area contributed by atoms with Gasteiger partial charge in [0.15, 0.2) is 14.1 Å². The van der Waals surface area contributed by atoms with E-state index in [0.717, 1.165) is 31.2 Å². The molecular formula is C28H46O5Si. The van der Waals surface area contributed by atoms with Crippen LogP contribution in [0.3, 0.4) is 0 Å². The molecule has 1 aromatic carbocycles. The normalized spacial score (nSPS) is 14.3. The number of benzene rings is 1. The lowest BCUT2D eigenvalue weighted by Gasteiger charge is -2.41. The first kappa shape index (κ1) is 30.5. The minimum absolute atomic E-state index is 0.0767. The molecule has 0 aliphatic carbocycles. The van der Waals surface area contributed by atoms with Crippen LogP contribution in [0.4, 0.5) is 0 Å². The van der Waals surface area contributed by atoms with Crippen molar-refractivity contribution in [3.8, 4) is 0 Å². The number of methoxy groups -OCH3 is 1. The quantitative estimate of drug-likeness (QED) is 0.0741. The van der Waals surface area contributed by atoms with Crippen LogP contribution in [0.2, 0.25) is 18.1 Å². The van der Waals surface area contributed by atoms with Gasteiger partial charge in [-0.3, -0.25) is 4.79 Å². The van der Waals surface area contributed by atoms with Crippen molar-refractivity contribution in [3.05, 3.63) is 60.7 Å². The lowest BCUT2D eigenvalue weighted by atomic mass is 10.1. The van der Waals surface area contributed by atoms with E-state index in [9.17, 15) is 4.79 Å². The van der Waals surface area contributed by atoms with E-state index in [4.69, 9.17) is 18.6 Å². The Kier molecular flexibility index (Phi) is 14.5. The summed E-state index contributed by atoms with van der Waals surface area (Å²) in [4.78, 5) is 12.5. The third-order valence-corrected chi connectivity index (χ3v) is 10.7. The molecule has 1 rings (SSSR count). The molecule has 34 heavy (non-hydrogen) atoms. The molecule has 0 aliphatic rings. The fourth-order valence-electron chi connectivity index (χ4n) is 3.11. The number of hydrogen-bond donors (Lipinski definition) is 0. The molecule has 0 aromatic heterocycles. The Morgan fingerprint density at radius 3 is 2.47 bits per heavy atom. The fraction of sp³-hybridized carbons (Fsp3) is 0.607.